The Morgan fingerprint density at radius 1 is 1.19 bits per heavy atom. The number of hydrogen-bond donors (Lipinski definition) is 1. The van der Waals surface area contributed by atoms with Crippen LogP contribution in [0.15, 0.2) is 28.7 Å². The molecule has 0 atom stereocenters. The molecule has 0 aliphatic carbocycles. The summed E-state index contributed by atoms with van der Waals surface area (Å²) < 4.78 is 5.63. The molecule has 0 bridgehead atoms. The highest BCUT2D eigenvalue weighted by Gasteiger charge is 2.10. The summed E-state index contributed by atoms with van der Waals surface area (Å²) in [7, 11) is 0. The van der Waals surface area contributed by atoms with Crippen LogP contribution in [0.4, 0.5) is 0 Å². The number of nitrogens with two attached hydrogens (primary N) is 1. The van der Waals surface area contributed by atoms with Crippen LogP contribution in [-0.2, 0) is 6.42 Å². The van der Waals surface area contributed by atoms with Gasteiger partial charge in [0.25, 0.3) is 0 Å². The van der Waals surface area contributed by atoms with Crippen molar-refractivity contribution in [2.75, 3.05) is 6.54 Å². The SMILES string of the molecule is Cc1ccc(-c2nc(CCN)c(C)o2)cc1. The van der Waals surface area contributed by atoms with Crippen LogP contribution in [0.5, 0.6) is 0 Å². The molecule has 1 aromatic carbocycles. The zero-order chi connectivity index (χ0) is 11.5. The zero-order valence-electron chi connectivity index (χ0n) is 9.66. The summed E-state index contributed by atoms with van der Waals surface area (Å²) in [5.41, 5.74) is 8.71. The standard InChI is InChI=1S/C13H16N2O/c1-9-3-5-11(6-4-9)13-15-12(7-8-14)10(2)16-13/h3-6H,7-8,14H2,1-2H3. The fourth-order valence-corrected chi connectivity index (χ4v) is 1.62. The van der Waals surface area contributed by atoms with E-state index in [-0.39, 0.29) is 0 Å². The second-order valence-electron chi connectivity index (χ2n) is 3.93. The Morgan fingerprint density at radius 2 is 1.88 bits per heavy atom. The van der Waals surface area contributed by atoms with Crippen LogP contribution in [0.2, 0.25) is 0 Å². The van der Waals surface area contributed by atoms with E-state index in [1.54, 1.807) is 0 Å². The maximum absolute atomic E-state index is 5.63. The number of benzene rings is 1. The van der Waals surface area contributed by atoms with E-state index in [0.29, 0.717) is 12.4 Å². The maximum Gasteiger partial charge on any atom is 0.226 e. The number of rotatable bonds is 3. The van der Waals surface area contributed by atoms with Crippen LogP contribution in [0.1, 0.15) is 17.0 Å². The van der Waals surface area contributed by atoms with Crippen LogP contribution in [0.25, 0.3) is 11.5 Å². The third-order valence-electron chi connectivity index (χ3n) is 2.57. The molecule has 1 heterocycles. The van der Waals surface area contributed by atoms with Gasteiger partial charge in [-0.3, -0.25) is 0 Å². The van der Waals surface area contributed by atoms with Gasteiger partial charge in [0.2, 0.25) is 5.89 Å². The zero-order valence-corrected chi connectivity index (χ0v) is 9.66. The molecule has 0 amide bonds. The number of hydrogen-bond acceptors (Lipinski definition) is 3. The summed E-state index contributed by atoms with van der Waals surface area (Å²) in [5.74, 6) is 1.54. The molecule has 0 aliphatic heterocycles. The Labute approximate surface area is 95.3 Å². The Balaban J connectivity index is 2.33. The van der Waals surface area contributed by atoms with Gasteiger partial charge in [-0.05, 0) is 32.5 Å². The molecule has 3 nitrogen and oxygen atoms in total. The number of nitrogens with zero attached hydrogens (tertiary/aromatic N) is 1. The number of aromatic nitrogens is 1. The van der Waals surface area contributed by atoms with E-state index >= 15 is 0 Å². The van der Waals surface area contributed by atoms with Gasteiger partial charge in [-0.25, -0.2) is 4.98 Å². The van der Waals surface area contributed by atoms with E-state index in [0.717, 1.165) is 23.4 Å². The first-order chi connectivity index (χ1) is 7.70. The topological polar surface area (TPSA) is 52.0 Å². The first-order valence-electron chi connectivity index (χ1n) is 5.44. The molecule has 2 N–H and O–H groups in total. The van der Waals surface area contributed by atoms with Crippen molar-refractivity contribution in [3.8, 4) is 11.5 Å². The molecule has 84 valence electrons. The maximum atomic E-state index is 5.63. The molecule has 0 aliphatic rings. The van der Waals surface area contributed by atoms with Gasteiger partial charge < -0.3 is 10.2 Å². The van der Waals surface area contributed by atoms with Gasteiger partial charge in [0.05, 0.1) is 5.69 Å². The largest absolute Gasteiger partial charge is 0.441 e. The van der Waals surface area contributed by atoms with Crippen LogP contribution >= 0.6 is 0 Å². The quantitative estimate of drug-likeness (QED) is 0.857. The molecule has 16 heavy (non-hydrogen) atoms. The Bertz CT molecular complexity index is 471. The molecule has 0 saturated heterocycles. The van der Waals surface area contributed by atoms with Crippen LogP contribution < -0.4 is 5.73 Å². The van der Waals surface area contributed by atoms with Crippen LogP contribution in [0.3, 0.4) is 0 Å². The Hall–Kier alpha value is -1.61. The van der Waals surface area contributed by atoms with E-state index in [2.05, 4.69) is 24.0 Å². The van der Waals surface area contributed by atoms with Gasteiger partial charge in [-0.15, -0.1) is 0 Å². The van der Waals surface area contributed by atoms with E-state index in [1.807, 2.05) is 19.1 Å². The van der Waals surface area contributed by atoms with Crippen molar-refractivity contribution in [3.63, 3.8) is 0 Å². The summed E-state index contributed by atoms with van der Waals surface area (Å²) in [6, 6.07) is 8.15. The molecule has 1 aromatic heterocycles. The van der Waals surface area contributed by atoms with Crippen molar-refractivity contribution in [3.05, 3.63) is 41.3 Å². The third kappa shape index (κ3) is 2.14. The number of oxazole rings is 1. The fourth-order valence-electron chi connectivity index (χ4n) is 1.62. The highest BCUT2D eigenvalue weighted by molar-refractivity contribution is 5.54. The first-order valence-corrected chi connectivity index (χ1v) is 5.44. The predicted octanol–water partition coefficient (Wildman–Crippen LogP) is 2.46. The molecule has 2 aromatic rings. The van der Waals surface area contributed by atoms with Crippen molar-refractivity contribution < 1.29 is 4.42 Å². The van der Waals surface area contributed by atoms with Crippen LogP contribution in [-0.4, -0.2) is 11.5 Å². The van der Waals surface area contributed by atoms with Crippen LogP contribution in [0, 0.1) is 13.8 Å². The monoisotopic (exact) mass is 216 g/mol. The molecule has 3 heteroatoms. The second-order valence-corrected chi connectivity index (χ2v) is 3.93. The normalized spacial score (nSPS) is 10.7. The van der Waals surface area contributed by atoms with Gasteiger partial charge in [-0.1, -0.05) is 17.7 Å². The molecular weight excluding hydrogens is 200 g/mol. The molecule has 0 saturated carbocycles. The van der Waals surface area contributed by atoms with Crippen molar-refractivity contribution in [2.45, 2.75) is 20.3 Å². The summed E-state index contributed by atoms with van der Waals surface area (Å²) in [5, 5.41) is 0. The average Bonchev–Trinajstić information content (AvgIpc) is 2.62. The summed E-state index contributed by atoms with van der Waals surface area (Å²) >= 11 is 0. The molecular formula is C13H16N2O. The van der Waals surface area contributed by atoms with E-state index in [1.165, 1.54) is 5.56 Å². The fraction of sp³-hybridized carbons (Fsp3) is 0.308. The van der Waals surface area contributed by atoms with Gasteiger partial charge >= 0.3 is 0 Å². The Kier molecular flexibility index (Phi) is 3.06. The summed E-state index contributed by atoms with van der Waals surface area (Å²) in [6.07, 6.45) is 0.765. The smallest absolute Gasteiger partial charge is 0.226 e. The van der Waals surface area contributed by atoms with Crippen molar-refractivity contribution in [1.82, 2.24) is 4.98 Å². The average molecular weight is 216 g/mol. The minimum Gasteiger partial charge on any atom is -0.441 e. The Morgan fingerprint density at radius 3 is 2.50 bits per heavy atom. The predicted molar refractivity (Wildman–Crippen MR) is 64.2 cm³/mol. The van der Waals surface area contributed by atoms with Crippen molar-refractivity contribution >= 4 is 0 Å². The minimum atomic E-state index is 0.598. The molecule has 2 rings (SSSR count). The van der Waals surface area contributed by atoms with E-state index in [4.69, 9.17) is 10.2 Å². The second kappa shape index (κ2) is 4.49. The van der Waals surface area contributed by atoms with E-state index in [9.17, 15) is 0 Å². The first kappa shape index (κ1) is 10.9. The van der Waals surface area contributed by atoms with Gasteiger partial charge in [-0.2, -0.15) is 0 Å². The molecule has 0 radical (unpaired) electrons. The van der Waals surface area contributed by atoms with Gasteiger partial charge in [0.1, 0.15) is 5.76 Å². The lowest BCUT2D eigenvalue weighted by Gasteiger charge is -1.95. The third-order valence-corrected chi connectivity index (χ3v) is 2.57. The number of aryl methyl sites for hydroxylation is 2. The molecule has 0 unspecified atom stereocenters. The summed E-state index contributed by atoms with van der Waals surface area (Å²) in [6.45, 7) is 4.58. The lowest BCUT2D eigenvalue weighted by atomic mass is 10.1. The molecule has 0 spiro atoms. The van der Waals surface area contributed by atoms with Gasteiger partial charge in [0.15, 0.2) is 0 Å². The highest BCUT2D eigenvalue weighted by atomic mass is 16.4. The van der Waals surface area contributed by atoms with Gasteiger partial charge in [0, 0.05) is 12.0 Å². The highest BCUT2D eigenvalue weighted by Crippen LogP contribution is 2.22. The lowest BCUT2D eigenvalue weighted by Crippen LogP contribution is -2.03. The van der Waals surface area contributed by atoms with Crippen molar-refractivity contribution in [2.24, 2.45) is 5.73 Å². The lowest BCUT2D eigenvalue weighted by molar-refractivity contribution is 0.539. The minimum absolute atomic E-state index is 0.598. The van der Waals surface area contributed by atoms with E-state index < -0.39 is 0 Å². The van der Waals surface area contributed by atoms with Crippen molar-refractivity contribution in [1.29, 1.82) is 0 Å². The molecule has 0 fully saturated rings. The summed E-state index contributed by atoms with van der Waals surface area (Å²) in [4.78, 5) is 4.45.